The summed E-state index contributed by atoms with van der Waals surface area (Å²) in [7, 11) is 0. The summed E-state index contributed by atoms with van der Waals surface area (Å²) in [5.74, 6) is 0.251. The molecule has 0 aromatic heterocycles. The number of hydrogen-bond donors (Lipinski definition) is 1. The molecule has 2 rings (SSSR count). The fourth-order valence-corrected chi connectivity index (χ4v) is 1.97. The van der Waals surface area contributed by atoms with E-state index in [1.54, 1.807) is 6.20 Å². The van der Waals surface area contributed by atoms with E-state index >= 15 is 0 Å². The molecule has 1 aliphatic heterocycles. The molecule has 0 aliphatic carbocycles. The van der Waals surface area contributed by atoms with Crippen LogP contribution in [0.5, 0.6) is 0 Å². The monoisotopic (exact) mass is 215 g/mol. The number of carbonyl (C=O) groups excluding carboxylic acids is 1. The minimum Gasteiger partial charge on any atom is -0.308 e. The Morgan fingerprint density at radius 3 is 2.62 bits per heavy atom. The van der Waals surface area contributed by atoms with Crippen molar-refractivity contribution in [3.63, 3.8) is 0 Å². The lowest BCUT2D eigenvalue weighted by Gasteiger charge is -2.17. The van der Waals surface area contributed by atoms with Gasteiger partial charge in [-0.05, 0) is 12.0 Å². The minimum absolute atomic E-state index is 0.251. The summed E-state index contributed by atoms with van der Waals surface area (Å²) < 4.78 is 0. The molecule has 3 heteroatoms. The highest BCUT2D eigenvalue weighted by molar-refractivity contribution is 5.79. The summed E-state index contributed by atoms with van der Waals surface area (Å²) in [5.41, 5.74) is 2.14. The molecule has 2 amide bonds. The first kappa shape index (κ1) is 10.7. The fraction of sp³-hybridized carbons (Fsp3) is 0.308. The van der Waals surface area contributed by atoms with E-state index < -0.39 is 0 Å². The van der Waals surface area contributed by atoms with E-state index in [0.29, 0.717) is 0 Å². The summed E-state index contributed by atoms with van der Waals surface area (Å²) in [6.07, 6.45) is 3.74. The second-order valence-corrected chi connectivity index (χ2v) is 3.90. The quantitative estimate of drug-likeness (QED) is 0.824. The first-order valence-corrected chi connectivity index (χ1v) is 5.58. The Labute approximate surface area is 95.6 Å². The molecule has 1 aliphatic rings. The van der Waals surface area contributed by atoms with Crippen LogP contribution in [0.25, 0.3) is 0 Å². The molecule has 1 heterocycles. The average molecular weight is 215 g/mol. The maximum Gasteiger partial charge on any atom is 0.345 e. The van der Waals surface area contributed by atoms with Gasteiger partial charge in [0.05, 0.1) is 6.20 Å². The lowest BCUT2D eigenvalue weighted by atomic mass is 9.92. The highest BCUT2D eigenvalue weighted by Crippen LogP contribution is 2.28. The van der Waals surface area contributed by atoms with Gasteiger partial charge in [0.25, 0.3) is 0 Å². The van der Waals surface area contributed by atoms with E-state index in [2.05, 4.69) is 29.7 Å². The van der Waals surface area contributed by atoms with Crippen LogP contribution in [0.2, 0.25) is 0 Å². The van der Waals surface area contributed by atoms with Gasteiger partial charge >= 0.3 is 6.03 Å². The van der Waals surface area contributed by atoms with Crippen LogP contribution in [-0.4, -0.2) is 6.03 Å². The summed E-state index contributed by atoms with van der Waals surface area (Å²) >= 11 is 0. The zero-order valence-electron chi connectivity index (χ0n) is 9.31. The van der Waals surface area contributed by atoms with Gasteiger partial charge in [-0.1, -0.05) is 43.7 Å². The standard InChI is InChI=1S/C13H15N2O/c1-2-6-11(10-7-4-3-5-8-10)12-9-14-13(16)15-12/h3-5,7-9,11H,2,6H2,1H3,(H,15,16). The molecule has 1 atom stereocenters. The first-order valence-electron chi connectivity index (χ1n) is 5.58. The Morgan fingerprint density at radius 1 is 1.31 bits per heavy atom. The van der Waals surface area contributed by atoms with Gasteiger partial charge in [0.2, 0.25) is 0 Å². The molecule has 1 aromatic rings. The molecule has 16 heavy (non-hydrogen) atoms. The van der Waals surface area contributed by atoms with E-state index in [4.69, 9.17) is 0 Å². The lowest BCUT2D eigenvalue weighted by Crippen LogP contribution is -2.21. The number of benzene rings is 1. The summed E-state index contributed by atoms with van der Waals surface area (Å²) in [5, 5.41) is 6.53. The Bertz CT molecular complexity index is 398. The van der Waals surface area contributed by atoms with Crippen LogP contribution >= 0.6 is 0 Å². The lowest BCUT2D eigenvalue weighted by molar-refractivity contribution is 0.248. The number of rotatable bonds is 4. The van der Waals surface area contributed by atoms with Gasteiger partial charge in [-0.15, -0.1) is 0 Å². The van der Waals surface area contributed by atoms with Crippen LogP contribution in [-0.2, 0) is 0 Å². The molecular weight excluding hydrogens is 200 g/mol. The molecule has 0 spiro atoms. The van der Waals surface area contributed by atoms with E-state index in [1.165, 1.54) is 5.56 Å². The number of amides is 2. The molecule has 0 fully saturated rings. The normalized spacial score (nSPS) is 16.3. The third-order valence-electron chi connectivity index (χ3n) is 2.73. The van der Waals surface area contributed by atoms with E-state index in [9.17, 15) is 4.79 Å². The SMILES string of the molecule is CCCC(C1=C[N]C(=O)N1)c1ccccc1. The number of hydrogen-bond acceptors (Lipinski definition) is 1. The highest BCUT2D eigenvalue weighted by atomic mass is 16.2. The van der Waals surface area contributed by atoms with Gasteiger partial charge in [0.1, 0.15) is 0 Å². The number of carbonyl (C=O) groups is 1. The third-order valence-corrected chi connectivity index (χ3v) is 2.73. The predicted octanol–water partition coefficient (Wildman–Crippen LogP) is 2.74. The van der Waals surface area contributed by atoms with Crippen molar-refractivity contribution in [2.75, 3.05) is 0 Å². The number of nitrogens with one attached hydrogen (secondary N) is 1. The smallest absolute Gasteiger partial charge is 0.308 e. The second-order valence-electron chi connectivity index (χ2n) is 3.90. The van der Waals surface area contributed by atoms with Crippen LogP contribution in [0.15, 0.2) is 42.2 Å². The Hall–Kier alpha value is -1.77. The summed E-state index contributed by atoms with van der Waals surface area (Å²) in [4.78, 5) is 11.1. The van der Waals surface area contributed by atoms with Crippen LogP contribution in [0.1, 0.15) is 31.2 Å². The molecule has 1 unspecified atom stereocenters. The van der Waals surface area contributed by atoms with Crippen LogP contribution in [0, 0.1) is 0 Å². The molecule has 1 aromatic carbocycles. The third kappa shape index (κ3) is 2.24. The average Bonchev–Trinajstić information content (AvgIpc) is 2.74. The van der Waals surface area contributed by atoms with Gasteiger partial charge in [-0.3, -0.25) is 0 Å². The maximum atomic E-state index is 11.1. The summed E-state index contributed by atoms with van der Waals surface area (Å²) in [6, 6.07) is 9.96. The second kappa shape index (κ2) is 4.84. The van der Waals surface area contributed by atoms with Gasteiger partial charge in [-0.25, -0.2) is 4.79 Å². The molecule has 1 N–H and O–H groups in total. The van der Waals surface area contributed by atoms with Crippen molar-refractivity contribution >= 4 is 6.03 Å². The number of nitrogens with zero attached hydrogens (tertiary/aromatic N) is 1. The summed E-state index contributed by atoms with van der Waals surface area (Å²) in [6.45, 7) is 2.14. The number of urea groups is 1. The molecule has 83 valence electrons. The predicted molar refractivity (Wildman–Crippen MR) is 62.8 cm³/mol. The number of allylic oxidation sites excluding steroid dienone is 1. The van der Waals surface area contributed by atoms with Crippen molar-refractivity contribution in [3.8, 4) is 0 Å². The first-order chi connectivity index (χ1) is 7.81. The molecular formula is C13H15N2O. The molecule has 0 bridgehead atoms. The zero-order chi connectivity index (χ0) is 11.4. The van der Waals surface area contributed by atoms with Crippen molar-refractivity contribution in [3.05, 3.63) is 47.8 Å². The maximum absolute atomic E-state index is 11.1. The van der Waals surface area contributed by atoms with E-state index in [0.717, 1.165) is 18.5 Å². The largest absolute Gasteiger partial charge is 0.345 e. The van der Waals surface area contributed by atoms with Crippen molar-refractivity contribution < 1.29 is 4.79 Å². The van der Waals surface area contributed by atoms with Gasteiger partial charge in [-0.2, -0.15) is 5.32 Å². The van der Waals surface area contributed by atoms with E-state index in [-0.39, 0.29) is 11.9 Å². The minimum atomic E-state index is -0.257. The van der Waals surface area contributed by atoms with Crippen molar-refractivity contribution in [2.45, 2.75) is 25.7 Å². The van der Waals surface area contributed by atoms with Crippen molar-refractivity contribution in [1.82, 2.24) is 10.6 Å². The molecule has 0 saturated heterocycles. The zero-order valence-corrected chi connectivity index (χ0v) is 9.31. The molecule has 0 saturated carbocycles. The Morgan fingerprint density at radius 2 is 2.06 bits per heavy atom. The van der Waals surface area contributed by atoms with Crippen LogP contribution in [0.4, 0.5) is 4.79 Å². The van der Waals surface area contributed by atoms with Gasteiger partial charge in [0, 0.05) is 11.6 Å². The fourth-order valence-electron chi connectivity index (χ4n) is 1.97. The Kier molecular flexibility index (Phi) is 3.25. The van der Waals surface area contributed by atoms with Crippen molar-refractivity contribution in [1.29, 1.82) is 0 Å². The van der Waals surface area contributed by atoms with E-state index in [1.807, 2.05) is 18.2 Å². The molecule has 1 radical (unpaired) electrons. The highest BCUT2D eigenvalue weighted by Gasteiger charge is 2.22. The van der Waals surface area contributed by atoms with Crippen molar-refractivity contribution in [2.24, 2.45) is 0 Å². The van der Waals surface area contributed by atoms with Gasteiger partial charge in [0.15, 0.2) is 0 Å². The Balaban J connectivity index is 2.21. The topological polar surface area (TPSA) is 43.2 Å². The molecule has 3 nitrogen and oxygen atoms in total. The van der Waals surface area contributed by atoms with Gasteiger partial charge < -0.3 is 5.32 Å². The van der Waals surface area contributed by atoms with Crippen LogP contribution < -0.4 is 10.6 Å². The van der Waals surface area contributed by atoms with Crippen LogP contribution in [0.3, 0.4) is 0 Å².